The molecule has 0 aliphatic rings. The number of nitro benzene ring substituents is 1. The molecule has 0 unspecified atom stereocenters. The number of halogens is 1. The van der Waals surface area contributed by atoms with Crippen LogP contribution in [-0.4, -0.2) is 27.1 Å². The molecule has 0 saturated heterocycles. The number of ether oxygens (including phenoxy) is 1. The van der Waals surface area contributed by atoms with E-state index in [-0.39, 0.29) is 25.2 Å². The molecule has 2 atom stereocenters. The van der Waals surface area contributed by atoms with Crippen molar-refractivity contribution in [2.45, 2.75) is 44.4 Å². The van der Waals surface area contributed by atoms with Gasteiger partial charge >= 0.3 is 5.69 Å². The largest absolute Gasteiger partial charge is 0.366 e. The first-order valence-electron chi connectivity index (χ1n) is 7.60. The van der Waals surface area contributed by atoms with E-state index in [1.54, 1.807) is 27.7 Å². The lowest BCUT2D eigenvalue weighted by atomic mass is 9.89. The van der Waals surface area contributed by atoms with Crippen molar-refractivity contribution in [3.8, 4) is 6.07 Å². The fourth-order valence-electron chi connectivity index (χ4n) is 2.08. The van der Waals surface area contributed by atoms with Crippen LogP contribution in [0.5, 0.6) is 0 Å². The van der Waals surface area contributed by atoms with E-state index in [0.29, 0.717) is 0 Å². The second-order valence-electron chi connectivity index (χ2n) is 6.67. The number of nitro groups is 1. The van der Waals surface area contributed by atoms with Crippen LogP contribution in [-0.2, 0) is 21.3 Å². The fourth-order valence-corrected chi connectivity index (χ4v) is 3.01. The van der Waals surface area contributed by atoms with Crippen LogP contribution in [0, 0.1) is 27.3 Å². The van der Waals surface area contributed by atoms with E-state index >= 15 is 0 Å². The van der Waals surface area contributed by atoms with Crippen molar-refractivity contribution in [2.75, 3.05) is 13.2 Å². The zero-order chi connectivity index (χ0) is 19.3. The monoisotopic (exact) mass is 371 g/mol. The van der Waals surface area contributed by atoms with Crippen molar-refractivity contribution in [3.05, 3.63) is 39.7 Å². The maximum absolute atomic E-state index is 14.7. The first-order chi connectivity index (χ1) is 11.5. The van der Waals surface area contributed by atoms with Crippen molar-refractivity contribution >= 4 is 16.7 Å². The van der Waals surface area contributed by atoms with Gasteiger partial charge in [-0.3, -0.25) is 10.1 Å². The van der Waals surface area contributed by atoms with E-state index in [1.807, 2.05) is 6.07 Å². The lowest BCUT2D eigenvalue weighted by Crippen LogP contribution is -2.47. The Hall–Kier alpha value is -1.89. The Morgan fingerprint density at radius 2 is 2.04 bits per heavy atom. The van der Waals surface area contributed by atoms with Gasteiger partial charge in [-0.2, -0.15) is 9.65 Å². The highest BCUT2D eigenvalue weighted by atomic mass is 32.2. The number of nitriles is 1. The molecule has 0 aliphatic heterocycles. The summed E-state index contributed by atoms with van der Waals surface area (Å²) in [7, 11) is -1.55. The minimum Gasteiger partial charge on any atom is -0.366 e. The molecule has 0 bridgehead atoms. The van der Waals surface area contributed by atoms with Crippen molar-refractivity contribution in [1.82, 2.24) is 4.72 Å². The van der Waals surface area contributed by atoms with Gasteiger partial charge in [0.05, 0.1) is 38.9 Å². The molecule has 1 N–H and O–H groups in total. The molecule has 1 aromatic carbocycles. The van der Waals surface area contributed by atoms with Crippen LogP contribution in [0.1, 0.15) is 39.7 Å². The topological polar surface area (TPSA) is 105 Å². The molecule has 25 heavy (non-hydrogen) atoms. The minimum atomic E-state index is -1.55. The van der Waals surface area contributed by atoms with Gasteiger partial charge < -0.3 is 4.74 Å². The summed E-state index contributed by atoms with van der Waals surface area (Å²) in [6.07, 6.45) is 0.175. The summed E-state index contributed by atoms with van der Waals surface area (Å²) in [4.78, 5) is 10.2. The normalized spacial score (nSPS) is 15.2. The van der Waals surface area contributed by atoms with Crippen molar-refractivity contribution < 1.29 is 18.3 Å². The molecule has 138 valence electrons. The Morgan fingerprint density at radius 3 is 2.56 bits per heavy atom. The first-order valence-corrected chi connectivity index (χ1v) is 8.75. The van der Waals surface area contributed by atoms with Crippen LogP contribution in [0.2, 0.25) is 0 Å². The van der Waals surface area contributed by atoms with Crippen molar-refractivity contribution in [3.63, 3.8) is 0 Å². The van der Waals surface area contributed by atoms with E-state index in [1.165, 1.54) is 12.1 Å². The van der Waals surface area contributed by atoms with E-state index in [0.717, 1.165) is 6.07 Å². The molecule has 0 radical (unpaired) electrons. The lowest BCUT2D eigenvalue weighted by molar-refractivity contribution is -0.387. The fraction of sp³-hybridized carbons (Fsp3) is 0.562. The van der Waals surface area contributed by atoms with Gasteiger partial charge in [0.15, 0.2) is 0 Å². The van der Waals surface area contributed by atoms with Crippen LogP contribution in [0.15, 0.2) is 18.2 Å². The van der Waals surface area contributed by atoms with E-state index < -0.39 is 37.7 Å². The van der Waals surface area contributed by atoms with Crippen LogP contribution in [0.4, 0.5) is 10.1 Å². The smallest absolute Gasteiger partial charge is 0.305 e. The molecule has 0 fully saturated rings. The molecule has 1 rings (SSSR count). The van der Waals surface area contributed by atoms with Crippen molar-refractivity contribution in [2.24, 2.45) is 0 Å². The summed E-state index contributed by atoms with van der Waals surface area (Å²) in [5.41, 5.74) is -1.80. The van der Waals surface area contributed by atoms with Gasteiger partial charge in [-0.05, 0) is 34.1 Å². The number of benzene rings is 1. The van der Waals surface area contributed by atoms with Gasteiger partial charge in [-0.25, -0.2) is 8.93 Å². The van der Waals surface area contributed by atoms with Gasteiger partial charge in [0, 0.05) is 11.6 Å². The Balaban J connectivity index is 3.27. The number of hydrogen-bond acceptors (Lipinski definition) is 5. The second kappa shape index (κ2) is 8.47. The minimum absolute atomic E-state index is 0.0276. The highest BCUT2D eigenvalue weighted by Gasteiger charge is 2.36. The maximum atomic E-state index is 14.7. The van der Waals surface area contributed by atoms with E-state index in [2.05, 4.69) is 4.72 Å². The average Bonchev–Trinajstić information content (AvgIpc) is 2.50. The standard InChI is InChI=1S/C16H22FN3O4S/c1-15(2,3)25(23)19-16(4,8-10-24-11-9-18)12-6-5-7-13(14(12)17)20(21)22/h5-7,19H,8,10-11H2,1-4H3/t16-,25+/m0/s1. The van der Waals surface area contributed by atoms with Gasteiger partial charge in [0.2, 0.25) is 5.82 Å². The molecule has 0 saturated carbocycles. The Labute approximate surface area is 148 Å². The highest BCUT2D eigenvalue weighted by Crippen LogP contribution is 2.33. The number of rotatable bonds is 8. The molecule has 1 aromatic rings. The lowest BCUT2D eigenvalue weighted by Gasteiger charge is -2.34. The molecule has 0 amide bonds. The van der Waals surface area contributed by atoms with Crippen LogP contribution >= 0.6 is 0 Å². The van der Waals surface area contributed by atoms with Crippen LogP contribution in [0.3, 0.4) is 0 Å². The summed E-state index contributed by atoms with van der Waals surface area (Å²) in [5.74, 6) is -0.978. The Bertz CT molecular complexity index is 700. The van der Waals surface area contributed by atoms with Gasteiger partial charge in [-0.15, -0.1) is 0 Å². The average molecular weight is 371 g/mol. The summed E-state index contributed by atoms with van der Waals surface area (Å²) in [6.45, 7) is 6.84. The maximum Gasteiger partial charge on any atom is 0.305 e. The molecule has 0 heterocycles. The molecule has 0 aromatic heterocycles. The van der Waals surface area contributed by atoms with Gasteiger partial charge in [0.1, 0.15) is 6.61 Å². The molecular weight excluding hydrogens is 349 g/mol. The molecule has 0 spiro atoms. The van der Waals surface area contributed by atoms with E-state index in [4.69, 9.17) is 10.00 Å². The third kappa shape index (κ3) is 5.56. The van der Waals surface area contributed by atoms with Gasteiger partial charge in [0.25, 0.3) is 0 Å². The van der Waals surface area contributed by atoms with Crippen molar-refractivity contribution in [1.29, 1.82) is 5.26 Å². The molecular formula is C16H22FN3O4S. The Kier molecular flexibility index (Phi) is 7.17. The summed E-state index contributed by atoms with van der Waals surface area (Å²) in [5, 5.41) is 19.5. The molecule has 9 heteroatoms. The van der Waals surface area contributed by atoms with Crippen LogP contribution < -0.4 is 4.72 Å². The molecule has 7 nitrogen and oxygen atoms in total. The molecule has 0 aliphatic carbocycles. The van der Waals surface area contributed by atoms with Crippen LogP contribution in [0.25, 0.3) is 0 Å². The quantitative estimate of drug-likeness (QED) is 0.430. The Morgan fingerprint density at radius 1 is 1.40 bits per heavy atom. The SMILES string of the molecule is CC(C)(C)[S@@](=O)N[C@@](C)(CCOCC#N)c1cccc([N+](=O)[O-])c1F. The first kappa shape index (κ1) is 21.2. The summed E-state index contributed by atoms with van der Waals surface area (Å²) in [6, 6.07) is 5.70. The zero-order valence-corrected chi connectivity index (χ0v) is 15.5. The van der Waals surface area contributed by atoms with E-state index in [9.17, 15) is 18.7 Å². The summed E-state index contributed by atoms with van der Waals surface area (Å²) < 4.78 is 34.6. The third-order valence-corrected chi connectivity index (χ3v) is 5.30. The predicted molar refractivity (Wildman–Crippen MR) is 92.5 cm³/mol. The third-order valence-electron chi connectivity index (χ3n) is 3.56. The highest BCUT2D eigenvalue weighted by molar-refractivity contribution is 7.84. The number of nitrogens with zero attached hydrogens (tertiary/aromatic N) is 2. The number of hydrogen-bond donors (Lipinski definition) is 1. The zero-order valence-electron chi connectivity index (χ0n) is 14.7. The number of nitrogens with one attached hydrogen (secondary N) is 1. The second-order valence-corrected chi connectivity index (χ2v) is 8.64. The van der Waals surface area contributed by atoms with Gasteiger partial charge in [-0.1, -0.05) is 12.1 Å². The predicted octanol–water partition coefficient (Wildman–Crippen LogP) is 2.93. The summed E-state index contributed by atoms with van der Waals surface area (Å²) >= 11 is 0.